The molecule has 1 aliphatic heterocycles. The van der Waals surface area contributed by atoms with Crippen LogP contribution in [0.1, 0.15) is 22.3 Å². The van der Waals surface area contributed by atoms with E-state index < -0.39 is 30.6 Å². The van der Waals surface area contributed by atoms with Crippen LogP contribution in [-0.2, 0) is 50.1 Å². The van der Waals surface area contributed by atoms with E-state index in [9.17, 15) is 0 Å². The van der Waals surface area contributed by atoms with E-state index in [1.807, 2.05) is 121 Å². The predicted octanol–water partition coefficient (Wildman–Crippen LogP) is 5.64. The van der Waals surface area contributed by atoms with Crippen molar-refractivity contribution in [2.24, 2.45) is 5.73 Å². The Morgan fingerprint density at radius 1 is 0.500 bits per heavy atom. The van der Waals surface area contributed by atoms with Gasteiger partial charge in [-0.3, -0.25) is 0 Å². The van der Waals surface area contributed by atoms with Gasteiger partial charge in [-0.1, -0.05) is 121 Å². The molecule has 5 rings (SSSR count). The van der Waals surface area contributed by atoms with Gasteiger partial charge in [0.1, 0.15) is 18.3 Å². The van der Waals surface area contributed by atoms with Crippen LogP contribution in [-0.4, -0.2) is 37.3 Å². The Morgan fingerprint density at radius 2 is 0.900 bits per heavy atom. The molecule has 0 bridgehead atoms. The third kappa shape index (κ3) is 8.08. The van der Waals surface area contributed by atoms with Gasteiger partial charge in [-0.05, 0) is 22.3 Å². The molecule has 0 radical (unpaired) electrons. The van der Waals surface area contributed by atoms with Crippen LogP contribution in [0.15, 0.2) is 121 Å². The number of hydrogen-bond donors (Lipinski definition) is 1. The molecule has 0 saturated carbocycles. The quantitative estimate of drug-likeness (QED) is 0.237. The Morgan fingerprint density at radius 3 is 1.38 bits per heavy atom. The first-order valence-electron chi connectivity index (χ1n) is 13.8. The summed E-state index contributed by atoms with van der Waals surface area (Å²) in [6.07, 6.45) is -2.17. The summed E-state index contributed by atoms with van der Waals surface area (Å²) in [5.74, 6) is 0. The number of ether oxygens (including phenoxy) is 5. The van der Waals surface area contributed by atoms with Crippen molar-refractivity contribution in [1.82, 2.24) is 0 Å². The van der Waals surface area contributed by atoms with Gasteiger partial charge in [0, 0.05) is 0 Å². The zero-order valence-electron chi connectivity index (χ0n) is 22.6. The first-order chi connectivity index (χ1) is 19.8. The first-order valence-corrected chi connectivity index (χ1v) is 13.8. The molecule has 1 aliphatic rings. The fourth-order valence-electron chi connectivity index (χ4n) is 4.74. The Balaban J connectivity index is 1.34. The van der Waals surface area contributed by atoms with Gasteiger partial charge in [0.15, 0.2) is 6.29 Å². The van der Waals surface area contributed by atoms with Crippen LogP contribution >= 0.6 is 0 Å². The van der Waals surface area contributed by atoms with Gasteiger partial charge in [-0.2, -0.15) is 0 Å². The predicted molar refractivity (Wildman–Crippen MR) is 154 cm³/mol. The van der Waals surface area contributed by atoms with Gasteiger partial charge < -0.3 is 29.4 Å². The van der Waals surface area contributed by atoms with E-state index in [0.717, 1.165) is 22.3 Å². The van der Waals surface area contributed by atoms with E-state index in [1.165, 1.54) is 0 Å². The topological polar surface area (TPSA) is 72.2 Å². The fourth-order valence-corrected chi connectivity index (χ4v) is 4.74. The molecule has 0 unspecified atom stereocenters. The summed E-state index contributed by atoms with van der Waals surface area (Å²) in [5, 5.41) is 0. The van der Waals surface area contributed by atoms with Gasteiger partial charge in [0.25, 0.3) is 0 Å². The standard InChI is InChI=1S/C34H37NO5/c35-31-30(25-36-21-26-13-5-1-6-14-26)40-34(39-24-29-19-11-4-12-20-29)33(38-23-28-17-9-3-10-18-28)32(31)37-22-27-15-7-2-8-16-27/h1-20,30-34H,21-25,35H2/t30-,31-,32+,33-,34-/m1/s1. The van der Waals surface area contributed by atoms with Crippen molar-refractivity contribution in [3.63, 3.8) is 0 Å². The monoisotopic (exact) mass is 539 g/mol. The highest BCUT2D eigenvalue weighted by atomic mass is 16.7. The second-order valence-electron chi connectivity index (χ2n) is 9.94. The molecule has 40 heavy (non-hydrogen) atoms. The van der Waals surface area contributed by atoms with E-state index in [1.54, 1.807) is 0 Å². The zero-order chi connectivity index (χ0) is 27.4. The molecule has 1 fully saturated rings. The largest absolute Gasteiger partial charge is 0.374 e. The summed E-state index contributed by atoms with van der Waals surface area (Å²) >= 11 is 0. The van der Waals surface area contributed by atoms with Gasteiger partial charge in [-0.15, -0.1) is 0 Å². The van der Waals surface area contributed by atoms with E-state index in [0.29, 0.717) is 33.0 Å². The maximum atomic E-state index is 6.83. The minimum Gasteiger partial charge on any atom is -0.374 e. The molecule has 5 atom stereocenters. The summed E-state index contributed by atoms with van der Waals surface area (Å²) < 4.78 is 31.8. The molecule has 1 heterocycles. The molecule has 6 nitrogen and oxygen atoms in total. The van der Waals surface area contributed by atoms with Crippen LogP contribution < -0.4 is 5.73 Å². The third-order valence-corrected chi connectivity index (χ3v) is 6.93. The lowest BCUT2D eigenvalue weighted by atomic mass is 9.96. The van der Waals surface area contributed by atoms with Crippen molar-refractivity contribution in [2.45, 2.75) is 57.1 Å². The molecule has 0 spiro atoms. The molecule has 1 saturated heterocycles. The van der Waals surface area contributed by atoms with E-state index in [-0.39, 0.29) is 0 Å². The molecule has 6 heteroatoms. The second-order valence-corrected chi connectivity index (χ2v) is 9.94. The highest BCUT2D eigenvalue weighted by molar-refractivity contribution is 5.16. The average Bonchev–Trinajstić information content (AvgIpc) is 3.01. The Bertz CT molecular complexity index is 1240. The van der Waals surface area contributed by atoms with Crippen molar-refractivity contribution in [3.05, 3.63) is 144 Å². The number of rotatable bonds is 13. The molecular formula is C34H37NO5. The summed E-state index contributed by atoms with van der Waals surface area (Å²) in [7, 11) is 0. The molecule has 0 aromatic heterocycles. The van der Waals surface area contributed by atoms with Crippen LogP contribution in [0.4, 0.5) is 0 Å². The van der Waals surface area contributed by atoms with E-state index in [2.05, 4.69) is 0 Å². The lowest BCUT2D eigenvalue weighted by Crippen LogP contribution is -2.64. The van der Waals surface area contributed by atoms with Crippen molar-refractivity contribution in [1.29, 1.82) is 0 Å². The first kappa shape index (κ1) is 28.2. The Labute approximate surface area is 236 Å². The Hall–Kier alpha value is -3.36. The maximum Gasteiger partial charge on any atom is 0.187 e. The van der Waals surface area contributed by atoms with Crippen LogP contribution in [0.3, 0.4) is 0 Å². The van der Waals surface area contributed by atoms with Crippen LogP contribution in [0.25, 0.3) is 0 Å². The van der Waals surface area contributed by atoms with Crippen LogP contribution in [0.2, 0.25) is 0 Å². The highest BCUT2D eigenvalue weighted by Crippen LogP contribution is 2.29. The fraction of sp³-hybridized carbons (Fsp3) is 0.294. The minimum atomic E-state index is -0.699. The lowest BCUT2D eigenvalue weighted by Gasteiger charge is -2.44. The van der Waals surface area contributed by atoms with Crippen molar-refractivity contribution in [2.75, 3.05) is 6.61 Å². The number of benzene rings is 4. The van der Waals surface area contributed by atoms with Crippen molar-refractivity contribution in [3.8, 4) is 0 Å². The molecule has 0 aliphatic carbocycles. The van der Waals surface area contributed by atoms with Crippen LogP contribution in [0, 0.1) is 0 Å². The Kier molecular flexibility index (Phi) is 10.5. The second kappa shape index (κ2) is 14.9. The number of nitrogens with two attached hydrogens (primary N) is 1. The average molecular weight is 540 g/mol. The highest BCUT2D eigenvalue weighted by Gasteiger charge is 2.46. The van der Waals surface area contributed by atoms with Crippen molar-refractivity contribution >= 4 is 0 Å². The molecule has 208 valence electrons. The maximum absolute atomic E-state index is 6.83. The third-order valence-electron chi connectivity index (χ3n) is 6.93. The SMILES string of the molecule is N[C@H]1[C@H](OCc2ccccc2)[C@@H](OCc2ccccc2)[C@H](OCc2ccccc2)O[C@@H]1COCc1ccccc1. The van der Waals surface area contributed by atoms with E-state index in [4.69, 9.17) is 29.4 Å². The molecule has 4 aromatic carbocycles. The van der Waals surface area contributed by atoms with E-state index >= 15 is 0 Å². The van der Waals surface area contributed by atoms with Gasteiger partial charge in [-0.25, -0.2) is 0 Å². The molecule has 2 N–H and O–H groups in total. The van der Waals surface area contributed by atoms with Crippen molar-refractivity contribution < 1.29 is 23.7 Å². The zero-order valence-corrected chi connectivity index (χ0v) is 22.6. The molecule has 4 aromatic rings. The lowest BCUT2D eigenvalue weighted by molar-refractivity contribution is -0.301. The summed E-state index contributed by atoms with van der Waals surface area (Å²) in [4.78, 5) is 0. The van der Waals surface area contributed by atoms with Gasteiger partial charge in [0.05, 0.1) is 39.1 Å². The summed E-state index contributed by atoms with van der Waals surface area (Å²) in [6, 6.07) is 39.7. The normalized spacial score (nSPS) is 22.7. The van der Waals surface area contributed by atoms with Gasteiger partial charge in [0.2, 0.25) is 0 Å². The number of hydrogen-bond acceptors (Lipinski definition) is 6. The summed E-state index contributed by atoms with van der Waals surface area (Å²) in [5.41, 5.74) is 11.1. The van der Waals surface area contributed by atoms with Crippen LogP contribution in [0.5, 0.6) is 0 Å². The smallest absolute Gasteiger partial charge is 0.187 e. The van der Waals surface area contributed by atoms with Gasteiger partial charge >= 0.3 is 0 Å². The minimum absolute atomic E-state index is 0.303. The summed E-state index contributed by atoms with van der Waals surface area (Å²) in [6.45, 7) is 1.92. The molecular weight excluding hydrogens is 502 g/mol. The molecule has 0 amide bonds.